The van der Waals surface area contributed by atoms with E-state index in [4.69, 9.17) is 5.73 Å². The lowest BCUT2D eigenvalue weighted by atomic mass is 10.1. The van der Waals surface area contributed by atoms with E-state index in [0.717, 1.165) is 10.0 Å². The number of carbonyl (C=O) groups excluding carboxylic acids is 1. The number of benzene rings is 2. The molecule has 0 bridgehead atoms. The van der Waals surface area contributed by atoms with Crippen molar-refractivity contribution in [2.24, 2.45) is 0 Å². The van der Waals surface area contributed by atoms with Crippen LogP contribution < -0.4 is 5.73 Å². The van der Waals surface area contributed by atoms with Crippen LogP contribution in [0.2, 0.25) is 0 Å². The summed E-state index contributed by atoms with van der Waals surface area (Å²) in [4.78, 5) is 14.2. The van der Waals surface area contributed by atoms with Crippen LogP contribution in [0.1, 0.15) is 15.9 Å². The zero-order chi connectivity index (χ0) is 15.2. The smallest absolute Gasteiger partial charge is 0.256 e. The van der Waals surface area contributed by atoms with Crippen molar-refractivity contribution in [2.45, 2.75) is 6.54 Å². The van der Waals surface area contributed by atoms with Crippen LogP contribution in [0, 0.1) is 0 Å². The fourth-order valence-electron chi connectivity index (χ4n) is 2.06. The van der Waals surface area contributed by atoms with E-state index in [9.17, 15) is 9.90 Å². The third kappa shape index (κ3) is 4.06. The number of anilines is 1. The Hall–Kier alpha value is -1.85. The van der Waals surface area contributed by atoms with Crippen molar-refractivity contribution in [3.05, 3.63) is 64.1 Å². The number of rotatable bonds is 5. The fourth-order valence-corrected chi connectivity index (χ4v) is 2.42. The Morgan fingerprint density at radius 3 is 2.57 bits per heavy atom. The average Bonchev–Trinajstić information content (AvgIpc) is 2.49. The molecule has 0 fully saturated rings. The molecule has 0 aliphatic carbocycles. The molecule has 0 saturated carbocycles. The summed E-state index contributed by atoms with van der Waals surface area (Å²) in [5.41, 5.74) is 7.76. The van der Waals surface area contributed by atoms with Crippen molar-refractivity contribution in [1.29, 1.82) is 0 Å². The van der Waals surface area contributed by atoms with Crippen LogP contribution in [0.25, 0.3) is 0 Å². The van der Waals surface area contributed by atoms with Gasteiger partial charge in [-0.05, 0) is 23.8 Å². The molecule has 2 aromatic rings. The van der Waals surface area contributed by atoms with Crippen molar-refractivity contribution >= 4 is 27.5 Å². The largest absolute Gasteiger partial charge is 0.398 e. The molecule has 0 aliphatic heterocycles. The first kappa shape index (κ1) is 15.5. The van der Waals surface area contributed by atoms with Gasteiger partial charge in [0.2, 0.25) is 0 Å². The minimum Gasteiger partial charge on any atom is -0.398 e. The van der Waals surface area contributed by atoms with Crippen LogP contribution in [-0.2, 0) is 6.54 Å². The monoisotopic (exact) mass is 348 g/mol. The predicted molar refractivity (Wildman–Crippen MR) is 86.8 cm³/mol. The van der Waals surface area contributed by atoms with E-state index >= 15 is 0 Å². The number of amides is 1. The van der Waals surface area contributed by atoms with Gasteiger partial charge in [-0.25, -0.2) is 0 Å². The van der Waals surface area contributed by atoms with Crippen molar-refractivity contribution in [3.63, 3.8) is 0 Å². The van der Waals surface area contributed by atoms with Crippen LogP contribution >= 0.6 is 15.9 Å². The maximum absolute atomic E-state index is 12.6. The van der Waals surface area contributed by atoms with Gasteiger partial charge >= 0.3 is 0 Å². The van der Waals surface area contributed by atoms with Gasteiger partial charge in [-0.1, -0.05) is 46.3 Å². The minimum atomic E-state index is -0.188. The first-order chi connectivity index (χ1) is 10.1. The van der Waals surface area contributed by atoms with Crippen LogP contribution in [0.15, 0.2) is 53.0 Å². The number of nitrogens with two attached hydrogens (primary N) is 1. The quantitative estimate of drug-likeness (QED) is 0.816. The normalized spacial score (nSPS) is 10.4. The molecular formula is C16H17BrN2O2. The summed E-state index contributed by atoms with van der Waals surface area (Å²) >= 11 is 3.34. The molecule has 0 aliphatic rings. The third-order valence-corrected chi connectivity index (χ3v) is 3.61. The van der Waals surface area contributed by atoms with Crippen LogP contribution in [0.5, 0.6) is 0 Å². The lowest BCUT2D eigenvalue weighted by molar-refractivity contribution is 0.0709. The fraction of sp³-hybridized carbons (Fsp3) is 0.188. The summed E-state index contributed by atoms with van der Waals surface area (Å²) in [6.45, 7) is 0.609. The zero-order valence-corrected chi connectivity index (χ0v) is 13.1. The molecule has 3 N–H and O–H groups in total. The molecule has 0 unspecified atom stereocenters. The van der Waals surface area contributed by atoms with E-state index in [0.29, 0.717) is 17.8 Å². The molecule has 0 aromatic heterocycles. The molecule has 21 heavy (non-hydrogen) atoms. The second kappa shape index (κ2) is 7.24. The van der Waals surface area contributed by atoms with Gasteiger partial charge in [0.1, 0.15) is 0 Å². The van der Waals surface area contributed by atoms with Gasteiger partial charge in [0.25, 0.3) is 5.91 Å². The van der Waals surface area contributed by atoms with Crippen LogP contribution in [0.3, 0.4) is 0 Å². The number of aliphatic hydroxyl groups is 1. The predicted octanol–water partition coefficient (Wildman–Crippen LogP) is 2.67. The summed E-state index contributed by atoms with van der Waals surface area (Å²) in [6, 6.07) is 14.8. The highest BCUT2D eigenvalue weighted by atomic mass is 79.9. The Kier molecular flexibility index (Phi) is 5.36. The number of halogens is 1. The summed E-state index contributed by atoms with van der Waals surface area (Å²) in [7, 11) is 0. The first-order valence-corrected chi connectivity index (χ1v) is 7.40. The number of hydrogen-bond acceptors (Lipinski definition) is 3. The third-order valence-electron chi connectivity index (χ3n) is 3.12. The van der Waals surface area contributed by atoms with E-state index in [-0.39, 0.29) is 19.1 Å². The zero-order valence-electron chi connectivity index (χ0n) is 11.5. The Morgan fingerprint density at radius 1 is 1.19 bits per heavy atom. The van der Waals surface area contributed by atoms with Gasteiger partial charge < -0.3 is 15.7 Å². The van der Waals surface area contributed by atoms with Gasteiger partial charge in [0, 0.05) is 23.2 Å². The molecule has 2 aromatic carbocycles. The maximum Gasteiger partial charge on any atom is 0.256 e. The molecule has 0 radical (unpaired) electrons. The van der Waals surface area contributed by atoms with Gasteiger partial charge in [-0.3, -0.25) is 4.79 Å². The Bertz CT molecular complexity index is 617. The number of aliphatic hydroxyl groups excluding tert-OH is 1. The summed E-state index contributed by atoms with van der Waals surface area (Å²) < 4.78 is 0.795. The first-order valence-electron chi connectivity index (χ1n) is 6.61. The molecule has 2 rings (SSSR count). The highest BCUT2D eigenvalue weighted by Gasteiger charge is 2.18. The average molecular weight is 349 g/mol. The lowest BCUT2D eigenvalue weighted by Gasteiger charge is -2.22. The Labute approximate surface area is 132 Å². The van der Waals surface area contributed by atoms with E-state index < -0.39 is 0 Å². The Balaban J connectivity index is 2.25. The number of nitrogens with zero attached hydrogens (tertiary/aromatic N) is 1. The van der Waals surface area contributed by atoms with Gasteiger partial charge in [0.15, 0.2) is 0 Å². The van der Waals surface area contributed by atoms with Gasteiger partial charge in [0.05, 0.1) is 12.2 Å². The highest BCUT2D eigenvalue weighted by Crippen LogP contribution is 2.21. The second-order valence-electron chi connectivity index (χ2n) is 4.67. The van der Waals surface area contributed by atoms with E-state index in [1.807, 2.05) is 30.3 Å². The number of nitrogen functional groups attached to an aromatic ring is 1. The molecule has 0 saturated heterocycles. The summed E-state index contributed by atoms with van der Waals surface area (Å²) in [5, 5.41) is 9.20. The van der Waals surface area contributed by atoms with Gasteiger partial charge in [-0.15, -0.1) is 0 Å². The molecule has 0 spiro atoms. The summed E-state index contributed by atoms with van der Waals surface area (Å²) in [6.07, 6.45) is 0. The SMILES string of the molecule is Nc1ccc(Br)cc1C(=O)N(CCO)Cc1ccccc1. The van der Waals surface area contributed by atoms with E-state index in [1.165, 1.54) is 0 Å². The topological polar surface area (TPSA) is 66.6 Å². The molecule has 5 heteroatoms. The van der Waals surface area contributed by atoms with Crippen LogP contribution in [-0.4, -0.2) is 29.1 Å². The van der Waals surface area contributed by atoms with Crippen molar-refractivity contribution in [3.8, 4) is 0 Å². The van der Waals surface area contributed by atoms with E-state index in [2.05, 4.69) is 15.9 Å². The molecule has 0 heterocycles. The van der Waals surface area contributed by atoms with Crippen molar-refractivity contribution in [1.82, 2.24) is 4.90 Å². The minimum absolute atomic E-state index is 0.0908. The van der Waals surface area contributed by atoms with Gasteiger partial charge in [-0.2, -0.15) is 0 Å². The maximum atomic E-state index is 12.6. The molecule has 0 atom stereocenters. The summed E-state index contributed by atoms with van der Waals surface area (Å²) in [5.74, 6) is -0.188. The lowest BCUT2D eigenvalue weighted by Crippen LogP contribution is -2.33. The molecule has 1 amide bonds. The number of hydrogen-bond donors (Lipinski definition) is 2. The molecule has 110 valence electrons. The highest BCUT2D eigenvalue weighted by molar-refractivity contribution is 9.10. The second-order valence-corrected chi connectivity index (χ2v) is 5.58. The molecular weight excluding hydrogens is 332 g/mol. The van der Waals surface area contributed by atoms with Crippen molar-refractivity contribution in [2.75, 3.05) is 18.9 Å². The Morgan fingerprint density at radius 2 is 1.90 bits per heavy atom. The molecule has 4 nitrogen and oxygen atoms in total. The van der Waals surface area contributed by atoms with E-state index in [1.54, 1.807) is 23.1 Å². The standard InChI is InChI=1S/C16H17BrN2O2/c17-13-6-7-15(18)14(10-13)16(21)19(8-9-20)11-12-4-2-1-3-5-12/h1-7,10,20H,8-9,11,18H2. The van der Waals surface area contributed by atoms with Crippen molar-refractivity contribution < 1.29 is 9.90 Å². The number of carbonyl (C=O) groups is 1. The van der Waals surface area contributed by atoms with Crippen LogP contribution in [0.4, 0.5) is 5.69 Å².